The third-order valence-corrected chi connectivity index (χ3v) is 3.30. The first-order valence-electron chi connectivity index (χ1n) is 6.02. The van der Waals surface area contributed by atoms with Crippen LogP contribution in [-0.2, 0) is 20.1 Å². The Labute approximate surface area is 106 Å². The van der Waals surface area contributed by atoms with Gasteiger partial charge in [-0.1, -0.05) is 6.07 Å². The van der Waals surface area contributed by atoms with E-state index in [2.05, 4.69) is 40.0 Å². The highest BCUT2D eigenvalue weighted by Gasteiger charge is 2.05. The first kappa shape index (κ1) is 11.0. The van der Waals surface area contributed by atoms with Crippen LogP contribution < -0.4 is 5.73 Å². The van der Waals surface area contributed by atoms with Crippen molar-refractivity contribution < 1.29 is 0 Å². The first-order chi connectivity index (χ1) is 8.78. The second kappa shape index (κ2) is 4.31. The summed E-state index contributed by atoms with van der Waals surface area (Å²) in [6.45, 7) is 1.37. The van der Waals surface area contributed by atoms with Crippen molar-refractivity contribution in [3.63, 3.8) is 0 Å². The number of hydrogen-bond acceptors (Lipinski definition) is 2. The first-order valence-corrected chi connectivity index (χ1v) is 6.02. The Morgan fingerprint density at radius 2 is 2.11 bits per heavy atom. The van der Waals surface area contributed by atoms with E-state index in [-0.39, 0.29) is 0 Å². The van der Waals surface area contributed by atoms with E-state index in [1.807, 2.05) is 24.0 Å². The lowest BCUT2D eigenvalue weighted by molar-refractivity contribution is 0.718. The van der Waals surface area contributed by atoms with Gasteiger partial charge in [0.25, 0.3) is 0 Å². The molecule has 0 radical (unpaired) electrons. The van der Waals surface area contributed by atoms with Crippen LogP contribution in [-0.4, -0.2) is 14.1 Å². The standard InChI is InChI=1S/C14H16N4/c1-17-7-5-16-14(17)10-18-6-4-12-8-11(9-15)2-3-13(12)18/h2-8H,9-10,15H2,1H3. The Kier molecular flexibility index (Phi) is 2.64. The predicted molar refractivity (Wildman–Crippen MR) is 72.1 cm³/mol. The lowest BCUT2D eigenvalue weighted by Gasteiger charge is -2.06. The lowest BCUT2D eigenvalue weighted by atomic mass is 10.1. The predicted octanol–water partition coefficient (Wildman–Crippen LogP) is 1.88. The summed E-state index contributed by atoms with van der Waals surface area (Å²) in [5.41, 5.74) is 8.04. The lowest BCUT2D eigenvalue weighted by Crippen LogP contribution is -2.04. The molecule has 3 aromatic rings. The van der Waals surface area contributed by atoms with Gasteiger partial charge in [0, 0.05) is 37.7 Å². The van der Waals surface area contributed by atoms with Crippen LogP contribution in [0.4, 0.5) is 0 Å². The molecule has 0 aliphatic heterocycles. The molecule has 0 saturated heterocycles. The number of rotatable bonds is 3. The van der Waals surface area contributed by atoms with E-state index in [0.29, 0.717) is 6.54 Å². The normalized spacial score (nSPS) is 11.2. The molecule has 0 amide bonds. The molecular formula is C14H16N4. The monoisotopic (exact) mass is 240 g/mol. The van der Waals surface area contributed by atoms with Gasteiger partial charge in [-0.05, 0) is 29.1 Å². The maximum absolute atomic E-state index is 5.66. The molecule has 2 N–H and O–H groups in total. The van der Waals surface area contributed by atoms with Crippen LogP contribution in [0.2, 0.25) is 0 Å². The second-order valence-electron chi connectivity index (χ2n) is 4.50. The molecule has 92 valence electrons. The summed E-state index contributed by atoms with van der Waals surface area (Å²) in [6, 6.07) is 8.47. The summed E-state index contributed by atoms with van der Waals surface area (Å²) >= 11 is 0. The average molecular weight is 240 g/mol. The van der Waals surface area contributed by atoms with Gasteiger partial charge in [0.2, 0.25) is 0 Å². The summed E-state index contributed by atoms with van der Waals surface area (Å²) in [7, 11) is 2.01. The van der Waals surface area contributed by atoms with Gasteiger partial charge in [-0.15, -0.1) is 0 Å². The van der Waals surface area contributed by atoms with Crippen molar-refractivity contribution in [1.29, 1.82) is 0 Å². The molecule has 0 aliphatic rings. The minimum absolute atomic E-state index is 0.584. The van der Waals surface area contributed by atoms with Crippen LogP contribution in [0.3, 0.4) is 0 Å². The van der Waals surface area contributed by atoms with Crippen molar-refractivity contribution in [2.24, 2.45) is 12.8 Å². The van der Waals surface area contributed by atoms with Crippen LogP contribution in [0.5, 0.6) is 0 Å². The zero-order valence-electron chi connectivity index (χ0n) is 10.4. The molecule has 0 aliphatic carbocycles. The summed E-state index contributed by atoms with van der Waals surface area (Å²) in [6.07, 6.45) is 5.89. The van der Waals surface area contributed by atoms with Crippen LogP contribution in [0.25, 0.3) is 10.9 Å². The molecular weight excluding hydrogens is 224 g/mol. The zero-order chi connectivity index (χ0) is 12.5. The molecule has 0 saturated carbocycles. The topological polar surface area (TPSA) is 48.8 Å². The minimum Gasteiger partial charge on any atom is -0.340 e. The maximum Gasteiger partial charge on any atom is 0.128 e. The molecule has 18 heavy (non-hydrogen) atoms. The third-order valence-electron chi connectivity index (χ3n) is 3.30. The van der Waals surface area contributed by atoms with Crippen molar-refractivity contribution in [3.8, 4) is 0 Å². The third kappa shape index (κ3) is 1.80. The fraction of sp³-hybridized carbons (Fsp3) is 0.214. The van der Waals surface area contributed by atoms with Gasteiger partial charge < -0.3 is 14.9 Å². The van der Waals surface area contributed by atoms with Crippen molar-refractivity contribution in [1.82, 2.24) is 14.1 Å². The largest absolute Gasteiger partial charge is 0.340 e. The molecule has 4 nitrogen and oxygen atoms in total. The Morgan fingerprint density at radius 1 is 1.22 bits per heavy atom. The van der Waals surface area contributed by atoms with E-state index >= 15 is 0 Å². The van der Waals surface area contributed by atoms with Gasteiger partial charge in [-0.3, -0.25) is 0 Å². The van der Waals surface area contributed by atoms with Crippen LogP contribution >= 0.6 is 0 Å². The summed E-state index contributed by atoms with van der Waals surface area (Å²) in [5.74, 6) is 1.05. The number of imidazole rings is 1. The van der Waals surface area contributed by atoms with Crippen molar-refractivity contribution in [3.05, 3.63) is 54.2 Å². The number of nitrogens with zero attached hydrogens (tertiary/aromatic N) is 3. The van der Waals surface area contributed by atoms with Crippen molar-refractivity contribution in [2.45, 2.75) is 13.1 Å². The number of fused-ring (bicyclic) bond motifs is 1. The van der Waals surface area contributed by atoms with Gasteiger partial charge in [-0.2, -0.15) is 0 Å². The van der Waals surface area contributed by atoms with E-state index in [1.165, 1.54) is 10.9 Å². The molecule has 0 spiro atoms. The van der Waals surface area contributed by atoms with Crippen molar-refractivity contribution in [2.75, 3.05) is 0 Å². The van der Waals surface area contributed by atoms with Crippen LogP contribution in [0, 0.1) is 0 Å². The van der Waals surface area contributed by atoms with Gasteiger partial charge >= 0.3 is 0 Å². The number of benzene rings is 1. The average Bonchev–Trinajstić information content (AvgIpc) is 2.97. The van der Waals surface area contributed by atoms with E-state index in [9.17, 15) is 0 Å². The minimum atomic E-state index is 0.584. The van der Waals surface area contributed by atoms with Gasteiger partial charge in [0.15, 0.2) is 0 Å². The van der Waals surface area contributed by atoms with E-state index < -0.39 is 0 Å². The number of nitrogens with two attached hydrogens (primary N) is 1. The van der Waals surface area contributed by atoms with Crippen molar-refractivity contribution >= 4 is 10.9 Å². The summed E-state index contributed by atoms with van der Waals surface area (Å²) in [4.78, 5) is 4.35. The molecule has 0 bridgehead atoms. The second-order valence-corrected chi connectivity index (χ2v) is 4.50. The molecule has 3 rings (SSSR count). The van der Waals surface area contributed by atoms with Gasteiger partial charge in [0.1, 0.15) is 5.82 Å². The Balaban J connectivity index is 2.00. The fourth-order valence-corrected chi connectivity index (χ4v) is 2.22. The number of aryl methyl sites for hydroxylation is 1. The molecule has 0 fully saturated rings. The number of hydrogen-bond donors (Lipinski definition) is 1. The molecule has 2 aromatic heterocycles. The zero-order valence-corrected chi connectivity index (χ0v) is 10.4. The highest BCUT2D eigenvalue weighted by molar-refractivity contribution is 5.80. The summed E-state index contributed by atoms with van der Waals surface area (Å²) in [5, 5.41) is 1.23. The SMILES string of the molecule is Cn1ccnc1Cn1ccc2cc(CN)ccc21. The quantitative estimate of drug-likeness (QED) is 0.760. The molecule has 4 heteroatoms. The number of aromatic nitrogens is 3. The Hall–Kier alpha value is -2.07. The molecule has 0 unspecified atom stereocenters. The highest BCUT2D eigenvalue weighted by Crippen LogP contribution is 2.18. The van der Waals surface area contributed by atoms with Gasteiger partial charge in [-0.25, -0.2) is 4.98 Å². The van der Waals surface area contributed by atoms with E-state index in [1.54, 1.807) is 0 Å². The summed E-state index contributed by atoms with van der Waals surface area (Å²) < 4.78 is 4.25. The molecule has 2 heterocycles. The van der Waals surface area contributed by atoms with E-state index in [0.717, 1.165) is 17.9 Å². The van der Waals surface area contributed by atoms with Gasteiger partial charge in [0.05, 0.1) is 6.54 Å². The maximum atomic E-state index is 5.66. The highest BCUT2D eigenvalue weighted by atomic mass is 15.1. The molecule has 0 atom stereocenters. The van der Waals surface area contributed by atoms with E-state index in [4.69, 9.17) is 5.73 Å². The Bertz CT molecular complexity index is 678. The van der Waals surface area contributed by atoms with Crippen LogP contribution in [0.15, 0.2) is 42.9 Å². The Morgan fingerprint density at radius 3 is 2.83 bits per heavy atom. The smallest absolute Gasteiger partial charge is 0.128 e. The molecule has 1 aromatic carbocycles. The fourth-order valence-electron chi connectivity index (χ4n) is 2.22. The van der Waals surface area contributed by atoms with Crippen LogP contribution in [0.1, 0.15) is 11.4 Å².